The highest BCUT2D eigenvalue weighted by molar-refractivity contribution is 5.22. The molecular formula is C12H18FNO2. The fourth-order valence-electron chi connectivity index (χ4n) is 1.36. The second-order valence-corrected chi connectivity index (χ2v) is 3.46. The summed E-state index contributed by atoms with van der Waals surface area (Å²) in [4.78, 5) is 0. The minimum absolute atomic E-state index is 0.105. The molecule has 0 aromatic heterocycles. The SMILES string of the molecule is CCNCC(COC)Oc1cccc(F)c1. The van der Waals surface area contributed by atoms with Gasteiger partial charge in [-0.15, -0.1) is 0 Å². The van der Waals surface area contributed by atoms with Crippen molar-refractivity contribution in [3.05, 3.63) is 30.1 Å². The normalized spacial score (nSPS) is 12.4. The van der Waals surface area contributed by atoms with Crippen molar-refractivity contribution in [1.29, 1.82) is 0 Å². The van der Waals surface area contributed by atoms with Gasteiger partial charge in [0.2, 0.25) is 0 Å². The van der Waals surface area contributed by atoms with E-state index in [-0.39, 0.29) is 11.9 Å². The van der Waals surface area contributed by atoms with Gasteiger partial charge in [0.25, 0.3) is 0 Å². The van der Waals surface area contributed by atoms with E-state index in [2.05, 4.69) is 5.32 Å². The van der Waals surface area contributed by atoms with E-state index in [1.807, 2.05) is 6.92 Å². The van der Waals surface area contributed by atoms with Crippen LogP contribution in [0.15, 0.2) is 24.3 Å². The van der Waals surface area contributed by atoms with Crippen molar-refractivity contribution < 1.29 is 13.9 Å². The first kappa shape index (κ1) is 12.9. The van der Waals surface area contributed by atoms with Gasteiger partial charge in [0, 0.05) is 19.7 Å². The number of methoxy groups -OCH3 is 1. The van der Waals surface area contributed by atoms with Crippen molar-refractivity contribution in [1.82, 2.24) is 5.32 Å². The lowest BCUT2D eigenvalue weighted by atomic mass is 10.3. The summed E-state index contributed by atoms with van der Waals surface area (Å²) in [5.41, 5.74) is 0. The maximum absolute atomic E-state index is 12.9. The van der Waals surface area contributed by atoms with Crippen LogP contribution in [0.4, 0.5) is 4.39 Å². The minimum Gasteiger partial charge on any atom is -0.487 e. The number of ether oxygens (including phenoxy) is 2. The summed E-state index contributed by atoms with van der Waals surface area (Å²) in [5, 5.41) is 3.17. The average Bonchev–Trinajstić information content (AvgIpc) is 2.26. The maximum Gasteiger partial charge on any atom is 0.134 e. The molecule has 0 bridgehead atoms. The molecule has 3 nitrogen and oxygen atoms in total. The zero-order chi connectivity index (χ0) is 11.8. The predicted molar refractivity (Wildman–Crippen MR) is 61.2 cm³/mol. The van der Waals surface area contributed by atoms with Crippen LogP contribution >= 0.6 is 0 Å². The summed E-state index contributed by atoms with van der Waals surface area (Å²) >= 11 is 0. The lowest BCUT2D eigenvalue weighted by molar-refractivity contribution is 0.0807. The zero-order valence-electron chi connectivity index (χ0n) is 9.70. The summed E-state index contributed by atoms with van der Waals surface area (Å²) in [6, 6.07) is 6.12. The molecule has 0 heterocycles. The highest BCUT2D eigenvalue weighted by Crippen LogP contribution is 2.13. The minimum atomic E-state index is -0.294. The topological polar surface area (TPSA) is 30.5 Å². The number of hydrogen-bond acceptors (Lipinski definition) is 3. The van der Waals surface area contributed by atoms with Gasteiger partial charge in [-0.25, -0.2) is 4.39 Å². The molecule has 0 saturated heterocycles. The van der Waals surface area contributed by atoms with Crippen molar-refractivity contribution in [2.45, 2.75) is 13.0 Å². The van der Waals surface area contributed by atoms with E-state index in [4.69, 9.17) is 9.47 Å². The molecule has 16 heavy (non-hydrogen) atoms. The second-order valence-electron chi connectivity index (χ2n) is 3.46. The molecule has 0 saturated carbocycles. The van der Waals surface area contributed by atoms with Gasteiger partial charge in [-0.05, 0) is 18.7 Å². The van der Waals surface area contributed by atoms with E-state index < -0.39 is 0 Å². The van der Waals surface area contributed by atoms with Crippen LogP contribution in [0.5, 0.6) is 5.75 Å². The number of rotatable bonds is 7. The Balaban J connectivity index is 2.52. The number of hydrogen-bond donors (Lipinski definition) is 1. The van der Waals surface area contributed by atoms with Crippen molar-refractivity contribution in [2.75, 3.05) is 26.8 Å². The molecule has 0 spiro atoms. The molecule has 0 aliphatic heterocycles. The van der Waals surface area contributed by atoms with Gasteiger partial charge in [0.15, 0.2) is 0 Å². The fourth-order valence-corrected chi connectivity index (χ4v) is 1.36. The molecule has 0 aliphatic rings. The highest BCUT2D eigenvalue weighted by Gasteiger charge is 2.09. The van der Waals surface area contributed by atoms with E-state index in [9.17, 15) is 4.39 Å². The number of nitrogens with one attached hydrogen (secondary N) is 1. The first-order chi connectivity index (χ1) is 7.76. The van der Waals surface area contributed by atoms with E-state index >= 15 is 0 Å². The van der Waals surface area contributed by atoms with E-state index in [1.165, 1.54) is 12.1 Å². The highest BCUT2D eigenvalue weighted by atomic mass is 19.1. The van der Waals surface area contributed by atoms with Gasteiger partial charge >= 0.3 is 0 Å². The average molecular weight is 227 g/mol. The summed E-state index contributed by atoms with van der Waals surface area (Å²) in [5.74, 6) is 0.233. The molecule has 1 N–H and O–H groups in total. The Kier molecular flexibility index (Phi) is 5.82. The molecule has 0 amide bonds. The molecule has 4 heteroatoms. The van der Waals surface area contributed by atoms with Crippen molar-refractivity contribution >= 4 is 0 Å². The van der Waals surface area contributed by atoms with Crippen molar-refractivity contribution in [3.63, 3.8) is 0 Å². The third kappa shape index (κ3) is 4.59. The van der Waals surface area contributed by atoms with Crippen LogP contribution < -0.4 is 10.1 Å². The monoisotopic (exact) mass is 227 g/mol. The molecule has 90 valence electrons. The summed E-state index contributed by atoms with van der Waals surface area (Å²) in [6.45, 7) is 4.04. The van der Waals surface area contributed by atoms with Crippen LogP contribution in [0, 0.1) is 5.82 Å². The number of halogens is 1. The lowest BCUT2D eigenvalue weighted by Gasteiger charge is -2.18. The van der Waals surface area contributed by atoms with E-state index in [0.717, 1.165) is 6.54 Å². The molecular weight excluding hydrogens is 209 g/mol. The second kappa shape index (κ2) is 7.19. The number of benzene rings is 1. The largest absolute Gasteiger partial charge is 0.487 e. The Labute approximate surface area is 95.6 Å². The Morgan fingerprint density at radius 1 is 1.44 bits per heavy atom. The zero-order valence-corrected chi connectivity index (χ0v) is 9.70. The standard InChI is InChI=1S/C12H18FNO2/c1-3-14-8-12(9-15-2)16-11-6-4-5-10(13)7-11/h4-7,12,14H,3,8-9H2,1-2H3. The predicted octanol–water partition coefficient (Wildman–Crippen LogP) is 1.83. The third-order valence-corrected chi connectivity index (χ3v) is 2.07. The molecule has 0 aliphatic carbocycles. The van der Waals surface area contributed by atoms with Crippen LogP contribution in [-0.2, 0) is 4.74 Å². The summed E-state index contributed by atoms with van der Waals surface area (Å²) in [7, 11) is 1.62. The van der Waals surface area contributed by atoms with Crippen LogP contribution in [0.1, 0.15) is 6.92 Å². The fraction of sp³-hybridized carbons (Fsp3) is 0.500. The summed E-state index contributed by atoms with van der Waals surface area (Å²) in [6.07, 6.45) is -0.105. The first-order valence-electron chi connectivity index (χ1n) is 5.38. The van der Waals surface area contributed by atoms with Gasteiger partial charge in [0.1, 0.15) is 17.7 Å². The lowest BCUT2D eigenvalue weighted by Crippen LogP contribution is -2.34. The van der Waals surface area contributed by atoms with Gasteiger partial charge in [0.05, 0.1) is 6.61 Å². The molecule has 1 atom stereocenters. The van der Waals surface area contributed by atoms with Gasteiger partial charge in [-0.1, -0.05) is 13.0 Å². The van der Waals surface area contributed by atoms with E-state index in [1.54, 1.807) is 19.2 Å². The quantitative estimate of drug-likeness (QED) is 0.771. The van der Waals surface area contributed by atoms with Gasteiger partial charge in [-0.2, -0.15) is 0 Å². The van der Waals surface area contributed by atoms with E-state index in [0.29, 0.717) is 18.9 Å². The number of likely N-dealkylation sites (N-methyl/N-ethyl adjacent to an activating group) is 1. The summed E-state index contributed by atoms with van der Waals surface area (Å²) < 4.78 is 23.6. The first-order valence-corrected chi connectivity index (χ1v) is 5.38. The molecule has 0 radical (unpaired) electrons. The molecule has 1 aromatic rings. The Morgan fingerprint density at radius 3 is 2.88 bits per heavy atom. The van der Waals surface area contributed by atoms with Gasteiger partial charge < -0.3 is 14.8 Å². The van der Waals surface area contributed by atoms with Crippen LogP contribution in [0.25, 0.3) is 0 Å². The smallest absolute Gasteiger partial charge is 0.134 e. The molecule has 1 rings (SSSR count). The van der Waals surface area contributed by atoms with Crippen molar-refractivity contribution in [3.8, 4) is 5.75 Å². The molecule has 0 fully saturated rings. The molecule has 1 unspecified atom stereocenters. The van der Waals surface area contributed by atoms with Crippen LogP contribution in [-0.4, -0.2) is 32.9 Å². The Bertz CT molecular complexity index is 307. The van der Waals surface area contributed by atoms with Crippen LogP contribution in [0.2, 0.25) is 0 Å². The third-order valence-electron chi connectivity index (χ3n) is 2.07. The maximum atomic E-state index is 12.9. The molecule has 1 aromatic carbocycles. The van der Waals surface area contributed by atoms with Crippen LogP contribution in [0.3, 0.4) is 0 Å². The Morgan fingerprint density at radius 2 is 2.25 bits per heavy atom. The van der Waals surface area contributed by atoms with Crippen molar-refractivity contribution in [2.24, 2.45) is 0 Å². The van der Waals surface area contributed by atoms with Gasteiger partial charge in [-0.3, -0.25) is 0 Å². The Hall–Kier alpha value is -1.13.